The first-order valence-corrected chi connectivity index (χ1v) is 10.1. The molecule has 0 radical (unpaired) electrons. The number of nitrogens with zero attached hydrogens (tertiary/aromatic N) is 1. The summed E-state index contributed by atoms with van der Waals surface area (Å²) >= 11 is 0. The number of hydrogen-bond donors (Lipinski definition) is 4. The lowest BCUT2D eigenvalue weighted by atomic mass is 9.79. The van der Waals surface area contributed by atoms with Crippen molar-refractivity contribution in [2.24, 2.45) is 5.92 Å². The van der Waals surface area contributed by atoms with E-state index in [4.69, 9.17) is 5.21 Å². The Labute approximate surface area is 177 Å². The molecule has 1 heterocycles. The quantitative estimate of drug-likeness (QED) is 0.280. The maximum atomic E-state index is 13.3. The summed E-state index contributed by atoms with van der Waals surface area (Å²) in [5.74, 6) is -1.88. The summed E-state index contributed by atoms with van der Waals surface area (Å²) in [7, 11) is 0. The van der Waals surface area contributed by atoms with E-state index < -0.39 is 42.4 Å². The van der Waals surface area contributed by atoms with Crippen LogP contribution in [0.5, 0.6) is 0 Å². The first kappa shape index (κ1) is 25.3. The van der Waals surface area contributed by atoms with Crippen LogP contribution in [0, 0.1) is 5.92 Å². The van der Waals surface area contributed by atoms with Gasteiger partial charge in [0, 0.05) is 0 Å². The number of amides is 4. The molecule has 10 heteroatoms. The molecule has 1 saturated heterocycles. The summed E-state index contributed by atoms with van der Waals surface area (Å²) in [5.41, 5.74) is 0.610. The molecule has 0 bridgehead atoms. The predicted octanol–water partition coefficient (Wildman–Crippen LogP) is 0.886. The van der Waals surface area contributed by atoms with Gasteiger partial charge < -0.3 is 5.32 Å². The average Bonchev–Trinajstić information content (AvgIpc) is 2.63. The summed E-state index contributed by atoms with van der Waals surface area (Å²) in [6.45, 7) is 3.18. The van der Waals surface area contributed by atoms with Gasteiger partial charge >= 0.3 is 0 Å². The molecule has 1 atom stereocenters. The van der Waals surface area contributed by atoms with Crippen molar-refractivity contribution in [3.8, 4) is 0 Å². The molecule has 1 saturated carbocycles. The summed E-state index contributed by atoms with van der Waals surface area (Å²) in [6, 6.07) is -0.509. The Morgan fingerprint density at radius 3 is 2.28 bits per heavy atom. The van der Waals surface area contributed by atoms with Crippen molar-refractivity contribution in [3.05, 3.63) is 0 Å². The third-order valence-corrected chi connectivity index (χ3v) is 5.46. The van der Waals surface area contributed by atoms with Crippen molar-refractivity contribution in [2.75, 3.05) is 13.1 Å². The minimum atomic E-state index is -0.809. The molecule has 2 aliphatic rings. The summed E-state index contributed by atoms with van der Waals surface area (Å²) < 4.78 is 0. The van der Waals surface area contributed by atoms with Gasteiger partial charge in [0.05, 0.1) is 18.1 Å². The number of piperazine rings is 1. The Morgan fingerprint density at radius 1 is 1.14 bits per heavy atom. The van der Waals surface area contributed by atoms with Gasteiger partial charge in [0.1, 0.15) is 6.54 Å². The SMILES string of the molecule is CC(C)C[C@@H]1NC2(CCCCCCC2)C(=O)N(CC(=O)NCC(=O)NO)C1=O.Cl. The van der Waals surface area contributed by atoms with Gasteiger partial charge in [-0.25, -0.2) is 5.48 Å². The van der Waals surface area contributed by atoms with Crippen LogP contribution in [0.1, 0.15) is 65.2 Å². The number of imide groups is 1. The van der Waals surface area contributed by atoms with E-state index >= 15 is 0 Å². The van der Waals surface area contributed by atoms with Crippen LogP contribution in [0.3, 0.4) is 0 Å². The molecule has 1 spiro atoms. The standard InChI is InChI=1S/C19H32N4O5.ClH/c1-13(2)10-14-17(26)23(12-16(25)20-11-15(24)22-28)18(27)19(21-14)8-6-4-3-5-7-9-19;/h13-14,21,28H,3-12H2,1-2H3,(H,20,25)(H,22,24);1H/t14-;/m0./s1. The Hall–Kier alpha value is -1.71. The second kappa shape index (κ2) is 11.5. The molecular weight excluding hydrogens is 400 g/mol. The lowest BCUT2D eigenvalue weighted by Gasteiger charge is -2.46. The molecule has 2 rings (SSSR count). The first-order chi connectivity index (χ1) is 13.3. The summed E-state index contributed by atoms with van der Waals surface area (Å²) in [6.07, 6.45) is 6.94. The fourth-order valence-electron chi connectivity index (χ4n) is 4.07. The highest BCUT2D eigenvalue weighted by Gasteiger charge is 2.50. The van der Waals surface area contributed by atoms with Crippen LogP contribution in [-0.4, -0.2) is 58.4 Å². The predicted molar refractivity (Wildman–Crippen MR) is 108 cm³/mol. The van der Waals surface area contributed by atoms with Crippen molar-refractivity contribution in [2.45, 2.75) is 76.8 Å². The largest absolute Gasteiger partial charge is 0.345 e. The molecule has 0 aromatic carbocycles. The lowest BCUT2D eigenvalue weighted by molar-refractivity contribution is -0.160. The van der Waals surface area contributed by atoms with Crippen LogP contribution in [-0.2, 0) is 19.2 Å². The van der Waals surface area contributed by atoms with E-state index in [1.165, 1.54) is 5.48 Å². The zero-order valence-corrected chi connectivity index (χ0v) is 18.0. The smallest absolute Gasteiger partial charge is 0.262 e. The van der Waals surface area contributed by atoms with Crippen LogP contribution >= 0.6 is 12.4 Å². The van der Waals surface area contributed by atoms with E-state index in [0.29, 0.717) is 19.3 Å². The third-order valence-electron chi connectivity index (χ3n) is 5.46. The van der Waals surface area contributed by atoms with Gasteiger partial charge in [0.15, 0.2) is 0 Å². The van der Waals surface area contributed by atoms with Gasteiger partial charge in [0.25, 0.3) is 5.91 Å². The first-order valence-electron chi connectivity index (χ1n) is 10.1. The van der Waals surface area contributed by atoms with Crippen molar-refractivity contribution in [3.63, 3.8) is 0 Å². The van der Waals surface area contributed by atoms with Gasteiger partial charge in [-0.1, -0.05) is 46.0 Å². The van der Waals surface area contributed by atoms with Crippen molar-refractivity contribution >= 4 is 36.0 Å². The average molecular weight is 433 g/mol. The maximum absolute atomic E-state index is 13.3. The zero-order valence-electron chi connectivity index (χ0n) is 17.2. The molecular formula is C19H33ClN4O5. The Kier molecular flexibility index (Phi) is 10.0. The molecule has 9 nitrogen and oxygen atoms in total. The number of hydrogen-bond acceptors (Lipinski definition) is 6. The Balaban J connectivity index is 0.00000420. The molecule has 4 N–H and O–H groups in total. The molecule has 0 aromatic rings. The van der Waals surface area contributed by atoms with Gasteiger partial charge in [-0.05, 0) is 25.2 Å². The topological polar surface area (TPSA) is 128 Å². The van der Waals surface area contributed by atoms with Gasteiger partial charge in [-0.15, -0.1) is 12.4 Å². The maximum Gasteiger partial charge on any atom is 0.262 e. The lowest BCUT2D eigenvalue weighted by Crippen LogP contribution is -2.71. The number of nitrogens with one attached hydrogen (secondary N) is 3. The fourth-order valence-corrected chi connectivity index (χ4v) is 4.07. The number of carbonyl (C=O) groups is 4. The monoisotopic (exact) mass is 432 g/mol. The van der Waals surface area contributed by atoms with Gasteiger partial charge in [0.2, 0.25) is 17.7 Å². The van der Waals surface area contributed by atoms with Crippen LogP contribution in [0.4, 0.5) is 0 Å². The second-order valence-electron chi connectivity index (χ2n) is 8.22. The minimum Gasteiger partial charge on any atom is -0.345 e. The number of halogens is 1. The van der Waals surface area contributed by atoms with Crippen LogP contribution < -0.4 is 16.1 Å². The minimum absolute atomic E-state index is 0. The molecule has 2 fully saturated rings. The normalized spacial score (nSPS) is 21.9. The highest BCUT2D eigenvalue weighted by atomic mass is 35.5. The van der Waals surface area contributed by atoms with E-state index in [2.05, 4.69) is 10.6 Å². The summed E-state index contributed by atoms with van der Waals surface area (Å²) in [5, 5.41) is 14.2. The summed E-state index contributed by atoms with van der Waals surface area (Å²) in [4.78, 5) is 50.6. The Morgan fingerprint density at radius 2 is 1.72 bits per heavy atom. The van der Waals surface area contributed by atoms with E-state index in [9.17, 15) is 19.2 Å². The van der Waals surface area contributed by atoms with E-state index in [1.54, 1.807) is 0 Å². The molecule has 166 valence electrons. The molecule has 1 aliphatic heterocycles. The van der Waals surface area contributed by atoms with E-state index in [1.807, 2.05) is 13.8 Å². The van der Waals surface area contributed by atoms with Crippen molar-refractivity contribution < 1.29 is 24.4 Å². The molecule has 1 aliphatic carbocycles. The van der Waals surface area contributed by atoms with Crippen LogP contribution in [0.2, 0.25) is 0 Å². The van der Waals surface area contributed by atoms with E-state index in [-0.39, 0.29) is 24.2 Å². The van der Waals surface area contributed by atoms with Gasteiger partial charge in [-0.3, -0.25) is 34.6 Å². The zero-order chi connectivity index (χ0) is 20.7. The molecule has 29 heavy (non-hydrogen) atoms. The number of rotatable bonds is 6. The highest BCUT2D eigenvalue weighted by Crippen LogP contribution is 2.32. The highest BCUT2D eigenvalue weighted by molar-refractivity contribution is 6.07. The molecule has 0 aromatic heterocycles. The number of carbonyl (C=O) groups excluding carboxylic acids is 4. The molecule has 4 amide bonds. The second-order valence-corrected chi connectivity index (χ2v) is 8.22. The van der Waals surface area contributed by atoms with Gasteiger partial charge in [-0.2, -0.15) is 0 Å². The number of hydroxylamine groups is 1. The van der Waals surface area contributed by atoms with Crippen molar-refractivity contribution in [1.82, 2.24) is 21.0 Å². The van der Waals surface area contributed by atoms with Crippen LogP contribution in [0.25, 0.3) is 0 Å². The third kappa shape index (κ3) is 6.65. The van der Waals surface area contributed by atoms with E-state index in [0.717, 1.165) is 37.0 Å². The Bertz CT molecular complexity index is 605. The van der Waals surface area contributed by atoms with Crippen LogP contribution in [0.15, 0.2) is 0 Å². The molecule has 0 unspecified atom stereocenters. The fraction of sp³-hybridized carbons (Fsp3) is 0.789. The van der Waals surface area contributed by atoms with Crippen molar-refractivity contribution in [1.29, 1.82) is 0 Å².